The number of nitrogens with one attached hydrogen (secondary N) is 1. The Morgan fingerprint density at radius 2 is 2.12 bits per heavy atom. The van der Waals surface area contributed by atoms with E-state index in [1.165, 1.54) is 0 Å². The van der Waals surface area contributed by atoms with Gasteiger partial charge < -0.3 is 15.8 Å². The highest BCUT2D eigenvalue weighted by atomic mass is 32.1. The van der Waals surface area contributed by atoms with Gasteiger partial charge in [-0.3, -0.25) is 9.97 Å². The Hall–Kier alpha value is -3.26. The molecule has 25 heavy (non-hydrogen) atoms. The van der Waals surface area contributed by atoms with Gasteiger partial charge in [0.05, 0.1) is 28.8 Å². The van der Waals surface area contributed by atoms with Crippen LogP contribution in [-0.2, 0) is 0 Å². The Labute approximate surface area is 146 Å². The van der Waals surface area contributed by atoms with Crippen LogP contribution in [0, 0.1) is 6.92 Å². The van der Waals surface area contributed by atoms with Crippen molar-refractivity contribution in [2.24, 2.45) is 0 Å². The first-order valence-electron chi connectivity index (χ1n) is 7.42. The van der Waals surface area contributed by atoms with E-state index in [-0.39, 0.29) is 4.88 Å². The molecule has 0 aliphatic rings. The third-order valence-electron chi connectivity index (χ3n) is 3.84. The predicted octanol–water partition coefficient (Wildman–Crippen LogP) is 3.34. The van der Waals surface area contributed by atoms with Crippen molar-refractivity contribution in [3.8, 4) is 22.0 Å². The fraction of sp³-hybridized carbons (Fsp3) is 0.0588. The summed E-state index contributed by atoms with van der Waals surface area (Å²) in [6.45, 7) is 1.69. The lowest BCUT2D eigenvalue weighted by Gasteiger charge is -2.01. The number of rotatable bonds is 3. The number of hydrogen-bond acceptors (Lipinski definition) is 6. The van der Waals surface area contributed by atoms with Gasteiger partial charge in [-0.15, -0.1) is 11.3 Å². The van der Waals surface area contributed by atoms with Crippen LogP contribution in [0.4, 0.5) is 5.69 Å². The summed E-state index contributed by atoms with van der Waals surface area (Å²) in [5.41, 5.74) is 10.4. The van der Waals surface area contributed by atoms with Gasteiger partial charge >= 0.3 is 5.97 Å². The number of carboxylic acids is 1. The van der Waals surface area contributed by atoms with Crippen molar-refractivity contribution in [3.05, 3.63) is 47.4 Å². The van der Waals surface area contributed by atoms with E-state index in [2.05, 4.69) is 19.9 Å². The average molecular weight is 351 g/mol. The van der Waals surface area contributed by atoms with Crippen LogP contribution in [0.25, 0.3) is 32.9 Å². The number of nitrogens with two attached hydrogens (primary N) is 1. The van der Waals surface area contributed by atoms with E-state index in [1.807, 2.05) is 12.1 Å². The zero-order chi connectivity index (χ0) is 17.6. The fourth-order valence-electron chi connectivity index (χ4n) is 2.69. The van der Waals surface area contributed by atoms with Crippen molar-refractivity contribution in [2.75, 3.05) is 5.73 Å². The minimum Gasteiger partial charge on any atom is -0.477 e. The molecule has 8 heteroatoms. The Morgan fingerprint density at radius 1 is 1.28 bits per heavy atom. The van der Waals surface area contributed by atoms with E-state index >= 15 is 0 Å². The maximum atomic E-state index is 11.2. The molecular formula is C17H13N5O2S. The molecule has 7 nitrogen and oxygen atoms in total. The van der Waals surface area contributed by atoms with Crippen molar-refractivity contribution in [3.63, 3.8) is 0 Å². The molecule has 0 radical (unpaired) electrons. The molecule has 0 unspecified atom stereocenters. The second-order valence-electron chi connectivity index (χ2n) is 5.54. The first-order chi connectivity index (χ1) is 12.0. The highest BCUT2D eigenvalue weighted by molar-refractivity contribution is 7.17. The minimum atomic E-state index is -0.970. The summed E-state index contributed by atoms with van der Waals surface area (Å²) in [4.78, 5) is 27.4. The Morgan fingerprint density at radius 3 is 2.80 bits per heavy atom. The highest BCUT2D eigenvalue weighted by Crippen LogP contribution is 2.34. The second kappa shape index (κ2) is 5.67. The van der Waals surface area contributed by atoms with E-state index < -0.39 is 5.97 Å². The minimum absolute atomic E-state index is 0.239. The van der Waals surface area contributed by atoms with Gasteiger partial charge in [-0.1, -0.05) is 0 Å². The normalized spacial score (nSPS) is 11.1. The summed E-state index contributed by atoms with van der Waals surface area (Å²) < 4.78 is 0. The zero-order valence-electron chi connectivity index (χ0n) is 13.1. The molecule has 1 aromatic carbocycles. The third-order valence-corrected chi connectivity index (χ3v) is 5.03. The Balaban J connectivity index is 1.84. The topological polar surface area (TPSA) is 118 Å². The van der Waals surface area contributed by atoms with Crippen molar-refractivity contribution < 1.29 is 9.90 Å². The summed E-state index contributed by atoms with van der Waals surface area (Å²) in [5.74, 6) is -0.970. The molecule has 0 saturated heterocycles. The lowest BCUT2D eigenvalue weighted by Crippen LogP contribution is -1.94. The number of aryl methyl sites for hydroxylation is 1. The van der Waals surface area contributed by atoms with Crippen LogP contribution in [0.3, 0.4) is 0 Å². The van der Waals surface area contributed by atoms with Gasteiger partial charge in [0.2, 0.25) is 0 Å². The van der Waals surface area contributed by atoms with E-state index in [1.54, 1.807) is 31.6 Å². The summed E-state index contributed by atoms with van der Waals surface area (Å²) >= 11 is 1.14. The lowest BCUT2D eigenvalue weighted by atomic mass is 10.1. The Bertz CT molecular complexity index is 1100. The number of aromatic nitrogens is 4. The summed E-state index contributed by atoms with van der Waals surface area (Å²) in [6.07, 6.45) is 4.91. The van der Waals surface area contributed by atoms with Gasteiger partial charge in [-0.25, -0.2) is 9.78 Å². The summed E-state index contributed by atoms with van der Waals surface area (Å²) in [7, 11) is 0. The Kier molecular flexibility index (Phi) is 3.47. The van der Waals surface area contributed by atoms with Crippen LogP contribution >= 0.6 is 11.3 Å². The number of aromatic carboxylic acids is 1. The van der Waals surface area contributed by atoms with Crippen molar-refractivity contribution in [1.82, 2.24) is 19.9 Å². The van der Waals surface area contributed by atoms with Crippen molar-refractivity contribution in [2.45, 2.75) is 6.92 Å². The number of anilines is 1. The van der Waals surface area contributed by atoms with E-state index in [0.29, 0.717) is 16.4 Å². The molecule has 0 amide bonds. The number of carbonyl (C=O) groups is 1. The van der Waals surface area contributed by atoms with Crippen molar-refractivity contribution >= 4 is 33.9 Å². The molecule has 4 aromatic rings. The number of fused-ring (bicyclic) bond motifs is 1. The maximum Gasteiger partial charge on any atom is 0.347 e. The standard InChI is InChI=1S/C17H13N5O2S/c1-8-15(17(23)24)25-16(21-8)10-4-9-6-12(13-7-19-2-3-20-13)22-14(9)11(18)5-10/h2-7,22H,18H2,1H3,(H,23,24). The number of nitrogens with zero attached hydrogens (tertiary/aromatic N) is 3. The smallest absolute Gasteiger partial charge is 0.347 e. The van der Waals surface area contributed by atoms with Gasteiger partial charge in [-0.2, -0.15) is 0 Å². The third kappa shape index (κ3) is 2.62. The number of aromatic amines is 1. The first-order valence-corrected chi connectivity index (χ1v) is 8.24. The molecule has 0 saturated carbocycles. The number of benzene rings is 1. The summed E-state index contributed by atoms with van der Waals surface area (Å²) in [5, 5.41) is 10.7. The molecule has 0 bridgehead atoms. The quantitative estimate of drug-likeness (QED) is 0.487. The number of H-pyrrole nitrogens is 1. The van der Waals surface area contributed by atoms with Gasteiger partial charge in [0, 0.05) is 23.3 Å². The molecule has 4 N–H and O–H groups in total. The van der Waals surface area contributed by atoms with Crippen LogP contribution in [0.5, 0.6) is 0 Å². The molecule has 0 aliphatic heterocycles. The van der Waals surface area contributed by atoms with Gasteiger partial charge in [0.25, 0.3) is 0 Å². The highest BCUT2D eigenvalue weighted by Gasteiger charge is 2.16. The molecule has 3 heterocycles. The van der Waals surface area contributed by atoms with Gasteiger partial charge in [0.15, 0.2) is 0 Å². The van der Waals surface area contributed by atoms with Crippen LogP contribution in [0.2, 0.25) is 0 Å². The monoisotopic (exact) mass is 351 g/mol. The largest absolute Gasteiger partial charge is 0.477 e. The van der Waals surface area contributed by atoms with Gasteiger partial charge in [0.1, 0.15) is 15.6 Å². The number of hydrogen-bond donors (Lipinski definition) is 3. The van der Waals surface area contributed by atoms with Crippen LogP contribution in [0.1, 0.15) is 15.4 Å². The van der Waals surface area contributed by atoms with Crippen LogP contribution in [-0.4, -0.2) is 31.0 Å². The molecule has 0 fully saturated rings. The SMILES string of the molecule is Cc1nc(-c2cc(N)c3[nH]c(-c4cnccn4)cc3c2)sc1C(=O)O. The zero-order valence-corrected chi connectivity index (χ0v) is 14.0. The molecule has 4 rings (SSSR count). The van der Waals surface area contributed by atoms with Crippen molar-refractivity contribution in [1.29, 1.82) is 0 Å². The van der Waals surface area contributed by atoms with Crippen LogP contribution < -0.4 is 5.73 Å². The lowest BCUT2D eigenvalue weighted by molar-refractivity contribution is 0.0701. The molecule has 0 aliphatic carbocycles. The van der Waals surface area contributed by atoms with Gasteiger partial charge in [-0.05, 0) is 25.1 Å². The number of carboxylic acid groups (broad SMARTS) is 1. The molecular weight excluding hydrogens is 338 g/mol. The molecule has 0 spiro atoms. The van der Waals surface area contributed by atoms with E-state index in [9.17, 15) is 9.90 Å². The summed E-state index contributed by atoms with van der Waals surface area (Å²) in [6, 6.07) is 5.67. The number of nitrogen functional groups attached to an aromatic ring is 1. The second-order valence-corrected chi connectivity index (χ2v) is 6.54. The first kappa shape index (κ1) is 15.3. The van der Waals surface area contributed by atoms with E-state index in [4.69, 9.17) is 5.73 Å². The molecule has 3 aromatic heterocycles. The predicted molar refractivity (Wildman–Crippen MR) is 96.5 cm³/mol. The van der Waals surface area contributed by atoms with Crippen LogP contribution in [0.15, 0.2) is 36.8 Å². The van der Waals surface area contributed by atoms with E-state index in [0.717, 1.165) is 39.2 Å². The maximum absolute atomic E-state index is 11.2. The fourth-order valence-corrected chi connectivity index (χ4v) is 3.58. The molecule has 0 atom stereocenters. The molecule has 124 valence electrons. The average Bonchev–Trinajstić information content (AvgIpc) is 3.19. The number of thiazole rings is 1.